The highest BCUT2D eigenvalue weighted by Crippen LogP contribution is 2.13. The number of benzene rings is 1. The average Bonchev–Trinajstić information content (AvgIpc) is 3.05. The maximum atomic E-state index is 13.6. The van der Waals surface area contributed by atoms with Gasteiger partial charge in [-0.2, -0.15) is 0 Å². The van der Waals surface area contributed by atoms with E-state index in [1.165, 1.54) is 25.1 Å². The number of carboxylic acids is 1. The van der Waals surface area contributed by atoms with Crippen molar-refractivity contribution in [3.05, 3.63) is 42.5 Å². The van der Waals surface area contributed by atoms with Gasteiger partial charge < -0.3 is 54.0 Å². The van der Waals surface area contributed by atoms with E-state index in [0.29, 0.717) is 31.4 Å². The van der Waals surface area contributed by atoms with Crippen molar-refractivity contribution in [3.8, 4) is 5.75 Å². The largest absolute Gasteiger partial charge is 0.508 e. The Kier molecular flexibility index (Phi) is 20.0. The summed E-state index contributed by atoms with van der Waals surface area (Å²) in [5.74, 6) is -4.70. The Morgan fingerprint density at radius 1 is 0.700 bits per heavy atom. The monoisotopic (exact) mass is 704 g/mol. The number of carbonyl (C=O) groups excluding carboxylic acids is 5. The van der Waals surface area contributed by atoms with Crippen LogP contribution in [0.15, 0.2) is 36.9 Å². The molecule has 0 fully saturated rings. The van der Waals surface area contributed by atoms with Crippen molar-refractivity contribution in [2.24, 2.45) is 23.1 Å². The van der Waals surface area contributed by atoms with Crippen LogP contribution >= 0.6 is 0 Å². The van der Waals surface area contributed by atoms with Gasteiger partial charge in [-0.25, -0.2) is 4.79 Å². The van der Waals surface area contributed by atoms with Crippen LogP contribution in [0.5, 0.6) is 5.75 Å². The van der Waals surface area contributed by atoms with Crippen LogP contribution in [0.1, 0.15) is 71.3 Å². The molecule has 0 spiro atoms. The van der Waals surface area contributed by atoms with E-state index in [1.807, 2.05) is 13.8 Å². The number of carboxylic acid groups (broad SMARTS) is 1. The molecule has 13 N–H and O–H groups in total. The number of rotatable bonds is 24. The maximum Gasteiger partial charge on any atom is 0.326 e. The second-order valence-corrected chi connectivity index (χ2v) is 12.7. The first kappa shape index (κ1) is 43.5. The van der Waals surface area contributed by atoms with Crippen molar-refractivity contribution in [1.29, 1.82) is 0 Å². The molecule has 50 heavy (non-hydrogen) atoms. The number of carbonyl (C=O) groups is 6. The highest BCUT2D eigenvalue weighted by molar-refractivity contribution is 5.96. The lowest BCUT2D eigenvalue weighted by Gasteiger charge is -2.27. The first-order valence-corrected chi connectivity index (χ1v) is 16.9. The van der Waals surface area contributed by atoms with Gasteiger partial charge in [0.15, 0.2) is 0 Å². The SMILES string of the molecule is C=CC[C@H](NC(=O)[C@H](CCCN)NC(=O)[C@H](CCCCN)NC(=O)[C@H](C)N)C(=O)N[C@@H](Cc1ccc(O)cc1)C(=O)N[C@@H](CC(C)C)C(=O)O. The Hall–Kier alpha value is -4.54. The molecule has 6 atom stereocenters. The van der Waals surface area contributed by atoms with Gasteiger partial charge in [0, 0.05) is 6.42 Å². The molecule has 0 aromatic heterocycles. The zero-order valence-corrected chi connectivity index (χ0v) is 29.3. The Labute approximate surface area is 293 Å². The normalized spacial score (nSPS) is 14.6. The number of aromatic hydroxyl groups is 1. The fourth-order valence-electron chi connectivity index (χ4n) is 4.91. The highest BCUT2D eigenvalue weighted by atomic mass is 16.4. The van der Waals surface area contributed by atoms with E-state index >= 15 is 0 Å². The van der Waals surface area contributed by atoms with Crippen LogP contribution < -0.4 is 43.8 Å². The molecule has 1 aromatic rings. The number of hydrogen-bond donors (Lipinski definition) is 10. The van der Waals surface area contributed by atoms with Crippen LogP contribution in [-0.4, -0.2) is 95.1 Å². The lowest BCUT2D eigenvalue weighted by molar-refractivity contribution is -0.142. The van der Waals surface area contributed by atoms with E-state index < -0.39 is 71.8 Å². The second kappa shape index (κ2) is 23.0. The van der Waals surface area contributed by atoms with E-state index in [-0.39, 0.29) is 50.3 Å². The summed E-state index contributed by atoms with van der Waals surface area (Å²) < 4.78 is 0. The third-order valence-corrected chi connectivity index (χ3v) is 7.69. The van der Waals surface area contributed by atoms with Crippen LogP contribution in [0.2, 0.25) is 0 Å². The first-order valence-electron chi connectivity index (χ1n) is 16.9. The number of phenols is 1. The highest BCUT2D eigenvalue weighted by Gasteiger charge is 2.32. The van der Waals surface area contributed by atoms with E-state index in [0.717, 1.165) is 0 Å². The van der Waals surface area contributed by atoms with Crippen molar-refractivity contribution in [3.63, 3.8) is 0 Å². The van der Waals surface area contributed by atoms with Crippen LogP contribution in [0.3, 0.4) is 0 Å². The molecule has 0 aliphatic carbocycles. The molecule has 16 heteroatoms. The number of nitrogens with two attached hydrogens (primary N) is 3. The van der Waals surface area contributed by atoms with Crippen LogP contribution in [-0.2, 0) is 35.2 Å². The topological polar surface area (TPSA) is 281 Å². The summed E-state index contributed by atoms with van der Waals surface area (Å²) in [4.78, 5) is 78.2. The molecule has 1 aromatic carbocycles. The summed E-state index contributed by atoms with van der Waals surface area (Å²) in [5, 5.41) is 32.4. The van der Waals surface area contributed by atoms with Gasteiger partial charge in [0.2, 0.25) is 29.5 Å². The molecule has 0 radical (unpaired) electrons. The van der Waals surface area contributed by atoms with Gasteiger partial charge in [-0.05, 0) is 88.6 Å². The van der Waals surface area contributed by atoms with Crippen molar-refractivity contribution >= 4 is 35.5 Å². The van der Waals surface area contributed by atoms with Crippen molar-refractivity contribution < 1.29 is 39.0 Å². The molecule has 0 saturated carbocycles. The van der Waals surface area contributed by atoms with Gasteiger partial charge >= 0.3 is 5.97 Å². The molecule has 0 heterocycles. The molecule has 280 valence electrons. The lowest BCUT2D eigenvalue weighted by atomic mass is 10.0. The van der Waals surface area contributed by atoms with E-state index in [2.05, 4.69) is 33.2 Å². The van der Waals surface area contributed by atoms with Crippen LogP contribution in [0.25, 0.3) is 0 Å². The molecule has 0 saturated heterocycles. The fourth-order valence-corrected chi connectivity index (χ4v) is 4.91. The number of hydrogen-bond acceptors (Lipinski definition) is 10. The third kappa shape index (κ3) is 16.2. The van der Waals surface area contributed by atoms with Crippen molar-refractivity contribution in [2.45, 2.75) is 108 Å². The number of amides is 5. The summed E-state index contributed by atoms with van der Waals surface area (Å²) in [5.41, 5.74) is 17.5. The number of aliphatic carboxylic acids is 1. The quantitative estimate of drug-likeness (QED) is 0.0473. The van der Waals surface area contributed by atoms with E-state index in [9.17, 15) is 39.0 Å². The van der Waals surface area contributed by atoms with Crippen LogP contribution in [0, 0.1) is 5.92 Å². The smallest absolute Gasteiger partial charge is 0.326 e. The summed E-state index contributed by atoms with van der Waals surface area (Å²) in [7, 11) is 0. The Bertz CT molecular complexity index is 1270. The minimum Gasteiger partial charge on any atom is -0.508 e. The van der Waals surface area contributed by atoms with Crippen molar-refractivity contribution in [1.82, 2.24) is 26.6 Å². The molecule has 5 amide bonds. The van der Waals surface area contributed by atoms with E-state index in [4.69, 9.17) is 17.2 Å². The average molecular weight is 705 g/mol. The lowest BCUT2D eigenvalue weighted by Crippen LogP contribution is -2.59. The molecule has 0 aliphatic heterocycles. The van der Waals surface area contributed by atoms with Gasteiger partial charge in [0.25, 0.3) is 0 Å². The second-order valence-electron chi connectivity index (χ2n) is 12.7. The maximum absolute atomic E-state index is 13.6. The zero-order chi connectivity index (χ0) is 37.8. The van der Waals surface area contributed by atoms with Crippen molar-refractivity contribution in [2.75, 3.05) is 13.1 Å². The van der Waals surface area contributed by atoms with Gasteiger partial charge in [0.1, 0.15) is 36.0 Å². The fraction of sp³-hybridized carbons (Fsp3) is 0.588. The summed E-state index contributed by atoms with van der Waals surface area (Å²) >= 11 is 0. The molecular formula is C34H56N8O8. The molecule has 16 nitrogen and oxygen atoms in total. The molecule has 0 aliphatic rings. The van der Waals surface area contributed by atoms with Gasteiger partial charge in [-0.1, -0.05) is 32.1 Å². The Morgan fingerprint density at radius 3 is 1.66 bits per heavy atom. The predicted molar refractivity (Wildman–Crippen MR) is 188 cm³/mol. The molecule has 0 unspecified atom stereocenters. The van der Waals surface area contributed by atoms with E-state index in [1.54, 1.807) is 12.1 Å². The number of nitrogens with one attached hydrogen (secondary N) is 5. The molecular weight excluding hydrogens is 648 g/mol. The summed E-state index contributed by atoms with van der Waals surface area (Å²) in [6, 6.07) is -0.801. The number of unbranched alkanes of at least 4 members (excludes halogenated alkanes) is 1. The van der Waals surface area contributed by atoms with Gasteiger partial charge in [-0.15, -0.1) is 6.58 Å². The Balaban J connectivity index is 3.26. The minimum absolute atomic E-state index is 0.00935. The third-order valence-electron chi connectivity index (χ3n) is 7.69. The molecule has 1 rings (SSSR count). The van der Waals surface area contributed by atoms with Gasteiger partial charge in [0.05, 0.1) is 6.04 Å². The predicted octanol–water partition coefficient (Wildman–Crippen LogP) is -0.719. The first-order chi connectivity index (χ1) is 23.6. The zero-order valence-electron chi connectivity index (χ0n) is 29.3. The minimum atomic E-state index is -1.26. The summed E-state index contributed by atoms with van der Waals surface area (Å²) in [6.07, 6.45) is 3.27. The molecule has 0 bridgehead atoms. The summed E-state index contributed by atoms with van der Waals surface area (Å²) in [6.45, 7) is 9.35. The standard InChI is InChI=1S/C34H56N8O8/c1-5-9-24(39-32(47)26(11-8-17-36)40-31(46)25(10-6-7-16-35)38-29(44)21(4)37)30(45)41-27(19-22-12-14-23(43)15-13-22)33(48)42-28(34(49)50)18-20(2)3/h5,12-15,20-21,24-28,43H,1,6-11,16-19,35-37H2,2-4H3,(H,38,44)(H,39,47)(H,40,46)(H,41,45)(H,42,48)(H,49,50)/t21-,24-,25-,26-,27-,28-/m0/s1. The van der Waals surface area contributed by atoms with Crippen LogP contribution in [0.4, 0.5) is 0 Å². The van der Waals surface area contributed by atoms with Gasteiger partial charge in [-0.3, -0.25) is 24.0 Å². The number of phenolic OH excluding ortho intramolecular Hbond substituents is 1. The Morgan fingerprint density at radius 2 is 1.16 bits per heavy atom.